The van der Waals surface area contributed by atoms with E-state index >= 15 is 0 Å². The van der Waals surface area contributed by atoms with Gasteiger partial charge in [-0.05, 0) is 19.1 Å². The molecule has 0 amide bonds. The summed E-state index contributed by atoms with van der Waals surface area (Å²) >= 11 is 0. The van der Waals surface area contributed by atoms with E-state index in [9.17, 15) is 0 Å². The molecule has 3 rings (SSSR count). The minimum absolute atomic E-state index is 0.131. The molecule has 0 saturated carbocycles. The third-order valence-electron chi connectivity index (χ3n) is 2.49. The van der Waals surface area contributed by atoms with Crippen LogP contribution in [0.25, 0.3) is 5.69 Å². The zero-order valence-electron chi connectivity index (χ0n) is 8.42. The molecule has 1 unspecified atom stereocenters. The molecule has 4 heteroatoms. The van der Waals surface area contributed by atoms with Gasteiger partial charge in [0.2, 0.25) is 0 Å². The van der Waals surface area contributed by atoms with E-state index in [1.54, 1.807) is 0 Å². The van der Waals surface area contributed by atoms with Gasteiger partial charge < -0.3 is 4.74 Å². The first-order valence-electron chi connectivity index (χ1n) is 4.95. The normalized spacial score (nSPS) is 19.1. The molecule has 1 saturated heterocycles. The molecule has 0 spiro atoms. The van der Waals surface area contributed by atoms with Gasteiger partial charge in [-0.1, -0.05) is 18.2 Å². The number of benzene rings is 1. The van der Waals surface area contributed by atoms with Crippen molar-refractivity contribution in [1.82, 2.24) is 14.8 Å². The molecule has 2 heterocycles. The predicted octanol–water partition coefficient (Wildman–Crippen LogP) is 1.65. The highest BCUT2D eigenvalue weighted by Crippen LogP contribution is 2.30. The standard InChI is InChI=1S/C11H11N3O/c1-8-12-13-11(10-7-15-10)14(8)9-5-3-2-4-6-9/h2-6,10H,7H2,1H3. The summed E-state index contributed by atoms with van der Waals surface area (Å²) in [6, 6.07) is 10.1. The second kappa shape index (κ2) is 3.17. The molecule has 0 bridgehead atoms. The van der Waals surface area contributed by atoms with E-state index in [2.05, 4.69) is 10.2 Å². The summed E-state index contributed by atoms with van der Waals surface area (Å²) in [7, 11) is 0. The number of hydrogen-bond donors (Lipinski definition) is 0. The number of epoxide rings is 1. The highest BCUT2D eigenvalue weighted by atomic mass is 16.6. The minimum Gasteiger partial charge on any atom is -0.365 e. The van der Waals surface area contributed by atoms with Crippen LogP contribution in [0.4, 0.5) is 0 Å². The van der Waals surface area contributed by atoms with Gasteiger partial charge in [-0.25, -0.2) is 0 Å². The number of nitrogens with zero attached hydrogens (tertiary/aromatic N) is 3. The van der Waals surface area contributed by atoms with Crippen molar-refractivity contribution in [2.24, 2.45) is 0 Å². The van der Waals surface area contributed by atoms with E-state index in [0.29, 0.717) is 0 Å². The first kappa shape index (κ1) is 8.61. The lowest BCUT2D eigenvalue weighted by atomic mass is 10.3. The van der Waals surface area contributed by atoms with Crippen LogP contribution in [-0.4, -0.2) is 21.4 Å². The Morgan fingerprint density at radius 2 is 2.00 bits per heavy atom. The van der Waals surface area contributed by atoms with Crippen molar-refractivity contribution < 1.29 is 4.74 Å². The Kier molecular flexibility index (Phi) is 1.82. The number of aromatic nitrogens is 3. The average Bonchev–Trinajstić information content (AvgIpc) is 3.04. The lowest BCUT2D eigenvalue weighted by Gasteiger charge is -2.06. The summed E-state index contributed by atoms with van der Waals surface area (Å²) in [5, 5.41) is 8.23. The molecular weight excluding hydrogens is 190 g/mol. The maximum Gasteiger partial charge on any atom is 0.169 e. The van der Waals surface area contributed by atoms with E-state index in [0.717, 1.165) is 23.9 Å². The van der Waals surface area contributed by atoms with Crippen LogP contribution in [0, 0.1) is 6.92 Å². The summed E-state index contributed by atoms with van der Waals surface area (Å²) in [5.74, 6) is 1.80. The number of ether oxygens (including phenoxy) is 1. The molecule has 2 aromatic rings. The fourth-order valence-electron chi connectivity index (χ4n) is 1.68. The molecular formula is C11H11N3O. The van der Waals surface area contributed by atoms with Crippen LogP contribution in [0.5, 0.6) is 0 Å². The van der Waals surface area contributed by atoms with Crippen molar-refractivity contribution in [3.8, 4) is 5.69 Å². The summed E-state index contributed by atoms with van der Waals surface area (Å²) in [6.07, 6.45) is 0.131. The molecule has 0 aliphatic carbocycles. The number of hydrogen-bond acceptors (Lipinski definition) is 3. The van der Waals surface area contributed by atoms with Crippen LogP contribution in [0.15, 0.2) is 30.3 Å². The molecule has 1 aliphatic heterocycles. The molecule has 4 nitrogen and oxygen atoms in total. The molecule has 1 fully saturated rings. The molecule has 0 N–H and O–H groups in total. The topological polar surface area (TPSA) is 43.2 Å². The van der Waals surface area contributed by atoms with Crippen molar-refractivity contribution in [1.29, 1.82) is 0 Å². The van der Waals surface area contributed by atoms with Gasteiger partial charge in [0.05, 0.1) is 6.61 Å². The quantitative estimate of drug-likeness (QED) is 0.694. The van der Waals surface area contributed by atoms with Crippen LogP contribution >= 0.6 is 0 Å². The van der Waals surface area contributed by atoms with Crippen LogP contribution in [0.3, 0.4) is 0 Å². The molecule has 0 radical (unpaired) electrons. The Bertz CT molecular complexity index is 474. The third kappa shape index (κ3) is 1.43. The van der Waals surface area contributed by atoms with Crippen LogP contribution in [0.1, 0.15) is 17.8 Å². The monoisotopic (exact) mass is 201 g/mol. The predicted molar refractivity (Wildman–Crippen MR) is 54.8 cm³/mol. The second-order valence-electron chi connectivity index (χ2n) is 3.60. The largest absolute Gasteiger partial charge is 0.365 e. The van der Waals surface area contributed by atoms with Gasteiger partial charge in [0, 0.05) is 5.69 Å². The van der Waals surface area contributed by atoms with Gasteiger partial charge in [0.1, 0.15) is 11.9 Å². The van der Waals surface area contributed by atoms with E-state index in [4.69, 9.17) is 4.74 Å². The number of para-hydroxylation sites is 1. The Hall–Kier alpha value is -1.68. The minimum atomic E-state index is 0.131. The molecule has 1 aromatic heterocycles. The summed E-state index contributed by atoms with van der Waals surface area (Å²) in [6.45, 7) is 2.71. The summed E-state index contributed by atoms with van der Waals surface area (Å²) < 4.78 is 7.29. The van der Waals surface area contributed by atoms with E-state index < -0.39 is 0 Å². The Morgan fingerprint density at radius 1 is 1.27 bits per heavy atom. The maximum absolute atomic E-state index is 5.25. The van der Waals surface area contributed by atoms with Gasteiger partial charge in [0.15, 0.2) is 5.82 Å². The molecule has 1 aliphatic rings. The lowest BCUT2D eigenvalue weighted by Crippen LogP contribution is -2.01. The Morgan fingerprint density at radius 3 is 2.67 bits per heavy atom. The fourth-order valence-corrected chi connectivity index (χ4v) is 1.68. The van der Waals surface area contributed by atoms with Crippen LogP contribution in [-0.2, 0) is 4.74 Å². The molecule has 15 heavy (non-hydrogen) atoms. The first-order valence-corrected chi connectivity index (χ1v) is 4.95. The van der Waals surface area contributed by atoms with Crippen molar-refractivity contribution in [3.63, 3.8) is 0 Å². The van der Waals surface area contributed by atoms with Crippen molar-refractivity contribution in [2.45, 2.75) is 13.0 Å². The van der Waals surface area contributed by atoms with Crippen LogP contribution < -0.4 is 0 Å². The second-order valence-corrected chi connectivity index (χ2v) is 3.60. The Balaban J connectivity index is 2.13. The average molecular weight is 201 g/mol. The van der Waals surface area contributed by atoms with Crippen molar-refractivity contribution >= 4 is 0 Å². The summed E-state index contributed by atoms with van der Waals surface area (Å²) in [5.41, 5.74) is 1.09. The summed E-state index contributed by atoms with van der Waals surface area (Å²) in [4.78, 5) is 0. The van der Waals surface area contributed by atoms with E-state index in [1.165, 1.54) is 0 Å². The smallest absolute Gasteiger partial charge is 0.169 e. The van der Waals surface area contributed by atoms with E-state index in [1.807, 2.05) is 41.8 Å². The number of rotatable bonds is 2. The zero-order chi connectivity index (χ0) is 10.3. The van der Waals surface area contributed by atoms with Gasteiger partial charge >= 0.3 is 0 Å². The van der Waals surface area contributed by atoms with Gasteiger partial charge in [-0.3, -0.25) is 4.57 Å². The van der Waals surface area contributed by atoms with E-state index in [-0.39, 0.29) is 6.10 Å². The van der Waals surface area contributed by atoms with Gasteiger partial charge in [-0.15, -0.1) is 10.2 Å². The fraction of sp³-hybridized carbons (Fsp3) is 0.273. The van der Waals surface area contributed by atoms with Crippen molar-refractivity contribution in [3.05, 3.63) is 42.0 Å². The maximum atomic E-state index is 5.25. The van der Waals surface area contributed by atoms with Crippen LogP contribution in [0.2, 0.25) is 0 Å². The Labute approximate surface area is 87.5 Å². The SMILES string of the molecule is Cc1nnc(C2CO2)n1-c1ccccc1. The van der Waals surface area contributed by atoms with Crippen molar-refractivity contribution in [2.75, 3.05) is 6.61 Å². The van der Waals surface area contributed by atoms with Gasteiger partial charge in [-0.2, -0.15) is 0 Å². The molecule has 76 valence electrons. The first-order chi connectivity index (χ1) is 7.36. The zero-order valence-corrected chi connectivity index (χ0v) is 8.42. The molecule has 1 aromatic carbocycles. The number of aryl methyl sites for hydroxylation is 1. The third-order valence-corrected chi connectivity index (χ3v) is 2.49. The van der Waals surface area contributed by atoms with Gasteiger partial charge in [0.25, 0.3) is 0 Å². The molecule has 1 atom stereocenters. The lowest BCUT2D eigenvalue weighted by molar-refractivity contribution is 0.403. The highest BCUT2D eigenvalue weighted by molar-refractivity contribution is 5.34. The highest BCUT2D eigenvalue weighted by Gasteiger charge is 2.31.